The molecule has 0 saturated carbocycles. The van der Waals surface area contributed by atoms with Gasteiger partial charge in [-0.2, -0.15) is 0 Å². The number of anilines is 3. The van der Waals surface area contributed by atoms with Crippen molar-refractivity contribution in [1.29, 1.82) is 0 Å². The molecule has 0 radical (unpaired) electrons. The van der Waals surface area contributed by atoms with Crippen LogP contribution in [0.3, 0.4) is 0 Å². The Balaban J connectivity index is 1.44. The Morgan fingerprint density at radius 1 is 1.00 bits per heavy atom. The molecule has 1 aliphatic carbocycles. The zero-order valence-electron chi connectivity index (χ0n) is 20.1. The normalized spacial score (nSPS) is 15.8. The topological polar surface area (TPSA) is 97.0 Å². The van der Waals surface area contributed by atoms with Crippen molar-refractivity contribution in [2.45, 2.75) is 30.6 Å². The predicted octanol–water partition coefficient (Wildman–Crippen LogP) is 4.53. The molecular weight excluding hydrogens is 498 g/mol. The van der Waals surface area contributed by atoms with Gasteiger partial charge in [0.25, 0.3) is 15.9 Å². The van der Waals surface area contributed by atoms with E-state index in [4.69, 9.17) is 9.47 Å². The van der Waals surface area contributed by atoms with Crippen molar-refractivity contribution in [3.05, 3.63) is 63.8 Å². The summed E-state index contributed by atoms with van der Waals surface area (Å²) >= 11 is 1.53. The molecule has 0 unspecified atom stereocenters. The van der Waals surface area contributed by atoms with E-state index < -0.39 is 10.0 Å². The molecule has 190 valence electrons. The van der Waals surface area contributed by atoms with Crippen LogP contribution in [-0.2, 0) is 27.6 Å². The summed E-state index contributed by atoms with van der Waals surface area (Å²) in [7, 11) is -2.41. The van der Waals surface area contributed by atoms with Crippen molar-refractivity contribution < 1.29 is 22.7 Å². The summed E-state index contributed by atoms with van der Waals surface area (Å²) in [6, 6.07) is 13.7. The highest BCUT2D eigenvalue weighted by atomic mass is 32.2. The number of benzene rings is 2. The van der Waals surface area contributed by atoms with E-state index in [0.29, 0.717) is 54.0 Å². The summed E-state index contributed by atoms with van der Waals surface area (Å²) in [5.41, 5.74) is 2.68. The first-order valence-corrected chi connectivity index (χ1v) is 14.3. The number of fused-ring (bicyclic) bond motifs is 1. The van der Waals surface area contributed by atoms with Crippen LogP contribution in [0.15, 0.2) is 53.4 Å². The summed E-state index contributed by atoms with van der Waals surface area (Å²) in [6.07, 6.45) is 4.32. The van der Waals surface area contributed by atoms with Gasteiger partial charge in [-0.1, -0.05) is 0 Å². The first kappa shape index (κ1) is 24.6. The standard InChI is InChI=1S/C26H29N3O5S2/c1-33-21-9-6-19(7-10-21)28-36(31,32)25-17-20(8-11-22(25)29-12-14-34-15-13-29)27-26(30)24-16-18-4-2-3-5-23(18)35-24/h6-11,16-17,28H,2-5,12-15H2,1H3,(H,27,30). The number of morpholine rings is 1. The Morgan fingerprint density at radius 2 is 1.72 bits per heavy atom. The molecule has 0 spiro atoms. The minimum Gasteiger partial charge on any atom is -0.497 e. The lowest BCUT2D eigenvalue weighted by Gasteiger charge is -2.30. The van der Waals surface area contributed by atoms with Crippen LogP contribution in [-0.4, -0.2) is 47.7 Å². The third-order valence-electron chi connectivity index (χ3n) is 6.42. The van der Waals surface area contributed by atoms with Crippen molar-refractivity contribution in [3.63, 3.8) is 0 Å². The zero-order valence-corrected chi connectivity index (χ0v) is 21.7. The van der Waals surface area contributed by atoms with Crippen LogP contribution in [0, 0.1) is 0 Å². The van der Waals surface area contributed by atoms with Crippen molar-refractivity contribution in [1.82, 2.24) is 0 Å². The van der Waals surface area contributed by atoms with Gasteiger partial charge in [-0.25, -0.2) is 8.42 Å². The Morgan fingerprint density at radius 3 is 2.44 bits per heavy atom. The molecule has 1 aliphatic heterocycles. The van der Waals surface area contributed by atoms with E-state index in [9.17, 15) is 13.2 Å². The van der Waals surface area contributed by atoms with Crippen LogP contribution in [0.2, 0.25) is 0 Å². The van der Waals surface area contributed by atoms with E-state index in [1.54, 1.807) is 43.5 Å². The molecule has 3 aromatic rings. The maximum atomic E-state index is 13.5. The Hall–Kier alpha value is -3.08. The summed E-state index contributed by atoms with van der Waals surface area (Å²) in [5, 5.41) is 2.91. The summed E-state index contributed by atoms with van der Waals surface area (Å²) < 4.78 is 40.4. The monoisotopic (exact) mass is 527 g/mol. The van der Waals surface area contributed by atoms with Crippen LogP contribution in [0.4, 0.5) is 17.1 Å². The molecular formula is C26H29N3O5S2. The smallest absolute Gasteiger partial charge is 0.265 e. The first-order chi connectivity index (χ1) is 17.4. The Kier molecular flexibility index (Phi) is 7.17. The lowest BCUT2D eigenvalue weighted by Crippen LogP contribution is -2.37. The molecule has 8 nitrogen and oxygen atoms in total. The quantitative estimate of drug-likeness (QED) is 0.469. The van der Waals surface area contributed by atoms with E-state index in [1.807, 2.05) is 11.0 Å². The molecule has 2 heterocycles. The van der Waals surface area contributed by atoms with E-state index >= 15 is 0 Å². The fourth-order valence-corrected chi connectivity index (χ4v) is 7.00. The SMILES string of the molecule is COc1ccc(NS(=O)(=O)c2cc(NC(=O)c3cc4c(s3)CCCC4)ccc2N2CCOCC2)cc1. The minimum absolute atomic E-state index is 0.100. The summed E-state index contributed by atoms with van der Waals surface area (Å²) in [6.45, 7) is 2.20. The fraction of sp³-hybridized carbons (Fsp3) is 0.346. The summed E-state index contributed by atoms with van der Waals surface area (Å²) in [4.78, 5) is 17.0. The van der Waals surface area contributed by atoms with Gasteiger partial charge in [0.1, 0.15) is 10.6 Å². The molecule has 1 fully saturated rings. The van der Waals surface area contributed by atoms with Crippen molar-refractivity contribution >= 4 is 44.3 Å². The van der Waals surface area contributed by atoms with E-state index in [-0.39, 0.29) is 10.8 Å². The number of hydrogen-bond donors (Lipinski definition) is 2. The Bertz CT molecular complexity index is 1320. The summed E-state index contributed by atoms with van der Waals surface area (Å²) in [5.74, 6) is 0.409. The molecule has 1 aromatic heterocycles. The molecule has 2 aromatic carbocycles. The van der Waals surface area contributed by atoms with Gasteiger partial charge < -0.3 is 19.7 Å². The third-order valence-corrected chi connectivity index (χ3v) is 9.07. The number of thiophene rings is 1. The van der Waals surface area contributed by atoms with Gasteiger partial charge in [-0.05, 0) is 79.8 Å². The molecule has 0 bridgehead atoms. The van der Waals surface area contributed by atoms with E-state index in [0.717, 1.165) is 25.7 Å². The number of nitrogens with zero attached hydrogens (tertiary/aromatic N) is 1. The largest absolute Gasteiger partial charge is 0.497 e. The number of hydrogen-bond acceptors (Lipinski definition) is 7. The average molecular weight is 528 g/mol. The molecule has 2 aliphatic rings. The number of aryl methyl sites for hydroxylation is 2. The fourth-order valence-electron chi connectivity index (χ4n) is 4.54. The lowest BCUT2D eigenvalue weighted by atomic mass is 9.99. The Labute approximate surface area is 215 Å². The number of ether oxygens (including phenoxy) is 2. The maximum Gasteiger partial charge on any atom is 0.265 e. The van der Waals surface area contributed by atoms with Gasteiger partial charge in [-0.3, -0.25) is 9.52 Å². The molecule has 2 N–H and O–H groups in total. The first-order valence-electron chi connectivity index (χ1n) is 12.0. The highest BCUT2D eigenvalue weighted by Gasteiger charge is 2.25. The molecule has 5 rings (SSSR count). The van der Waals surface area contributed by atoms with Gasteiger partial charge in [0.2, 0.25) is 0 Å². The molecule has 36 heavy (non-hydrogen) atoms. The number of sulfonamides is 1. The number of rotatable bonds is 7. The highest BCUT2D eigenvalue weighted by molar-refractivity contribution is 7.92. The second-order valence-electron chi connectivity index (χ2n) is 8.84. The number of nitrogens with one attached hydrogen (secondary N) is 2. The van der Waals surface area contributed by atoms with Gasteiger partial charge in [0.05, 0.1) is 30.9 Å². The third kappa shape index (κ3) is 5.35. The number of methoxy groups -OCH3 is 1. The van der Waals surface area contributed by atoms with Gasteiger partial charge in [-0.15, -0.1) is 11.3 Å². The molecule has 1 amide bonds. The number of carbonyl (C=O) groups excluding carboxylic acids is 1. The second kappa shape index (κ2) is 10.5. The van der Waals surface area contributed by atoms with Gasteiger partial charge >= 0.3 is 0 Å². The number of amides is 1. The molecule has 0 atom stereocenters. The molecule has 10 heteroatoms. The van der Waals surface area contributed by atoms with Crippen molar-refractivity contribution in [3.8, 4) is 5.75 Å². The van der Waals surface area contributed by atoms with Gasteiger partial charge in [0.15, 0.2) is 0 Å². The number of carbonyl (C=O) groups is 1. The van der Waals surface area contributed by atoms with Crippen LogP contribution < -0.4 is 19.7 Å². The van der Waals surface area contributed by atoms with Crippen LogP contribution >= 0.6 is 11.3 Å². The zero-order chi connectivity index (χ0) is 25.1. The lowest BCUT2D eigenvalue weighted by molar-refractivity contribution is 0.103. The average Bonchev–Trinajstić information content (AvgIpc) is 3.34. The second-order valence-corrected chi connectivity index (χ2v) is 11.6. The highest BCUT2D eigenvalue weighted by Crippen LogP contribution is 2.33. The van der Waals surface area contributed by atoms with Crippen molar-refractivity contribution in [2.75, 3.05) is 48.4 Å². The van der Waals surface area contributed by atoms with Crippen LogP contribution in [0.25, 0.3) is 0 Å². The van der Waals surface area contributed by atoms with Gasteiger partial charge in [0, 0.05) is 29.3 Å². The minimum atomic E-state index is -3.96. The van der Waals surface area contributed by atoms with Crippen LogP contribution in [0.5, 0.6) is 5.75 Å². The van der Waals surface area contributed by atoms with E-state index in [1.165, 1.54) is 27.8 Å². The predicted molar refractivity (Wildman–Crippen MR) is 142 cm³/mol. The maximum absolute atomic E-state index is 13.5. The van der Waals surface area contributed by atoms with E-state index in [2.05, 4.69) is 10.0 Å². The van der Waals surface area contributed by atoms with Crippen LogP contribution in [0.1, 0.15) is 33.0 Å². The van der Waals surface area contributed by atoms with Crippen molar-refractivity contribution in [2.24, 2.45) is 0 Å². The molecule has 1 saturated heterocycles.